The van der Waals surface area contributed by atoms with Crippen molar-refractivity contribution in [2.24, 2.45) is 5.92 Å². The molecule has 1 saturated carbocycles. The Balaban J connectivity index is 1.57. The molecule has 0 radical (unpaired) electrons. The van der Waals surface area contributed by atoms with Crippen LogP contribution in [-0.4, -0.2) is 33.8 Å². The highest BCUT2D eigenvalue weighted by atomic mass is 16.5. The Morgan fingerprint density at radius 3 is 2.65 bits per heavy atom. The first-order valence-electron chi connectivity index (χ1n) is 8.00. The number of carbonyl (C=O) groups is 1. The molecule has 1 unspecified atom stereocenters. The molecule has 0 aliphatic heterocycles. The summed E-state index contributed by atoms with van der Waals surface area (Å²) in [6, 6.07) is 6.98. The molecular formula is C17H21N3O3. The molecule has 6 heteroatoms. The Labute approximate surface area is 134 Å². The van der Waals surface area contributed by atoms with Crippen LogP contribution in [0.3, 0.4) is 0 Å². The molecule has 1 heterocycles. The predicted molar refractivity (Wildman–Crippen MR) is 84.8 cm³/mol. The van der Waals surface area contributed by atoms with E-state index < -0.39 is 6.10 Å². The van der Waals surface area contributed by atoms with Gasteiger partial charge in [0.25, 0.3) is 11.8 Å². The van der Waals surface area contributed by atoms with Gasteiger partial charge in [0.2, 0.25) is 0 Å². The number of amides is 1. The van der Waals surface area contributed by atoms with Crippen molar-refractivity contribution in [3.05, 3.63) is 35.7 Å². The summed E-state index contributed by atoms with van der Waals surface area (Å²) in [7, 11) is 0. The molecule has 2 aromatic rings. The number of nitrogens with zero attached hydrogens (tertiary/aromatic N) is 2. The molecule has 0 bridgehead atoms. The van der Waals surface area contributed by atoms with Gasteiger partial charge in [-0.1, -0.05) is 18.0 Å². The van der Waals surface area contributed by atoms with Crippen LogP contribution in [0.2, 0.25) is 0 Å². The predicted octanol–water partition coefficient (Wildman–Crippen LogP) is 2.33. The topological polar surface area (TPSA) is 88.2 Å². The minimum Gasteiger partial charge on any atom is -0.391 e. The Hall–Kier alpha value is -2.21. The highest BCUT2D eigenvalue weighted by Gasteiger charge is 2.23. The Kier molecular flexibility index (Phi) is 4.71. The van der Waals surface area contributed by atoms with E-state index in [1.807, 2.05) is 0 Å². The number of benzene rings is 1. The molecule has 0 saturated heterocycles. The molecule has 1 atom stereocenters. The van der Waals surface area contributed by atoms with Crippen LogP contribution in [0.25, 0.3) is 11.5 Å². The van der Waals surface area contributed by atoms with Crippen LogP contribution < -0.4 is 5.32 Å². The average molecular weight is 315 g/mol. The van der Waals surface area contributed by atoms with Gasteiger partial charge in [-0.3, -0.25) is 4.79 Å². The van der Waals surface area contributed by atoms with Gasteiger partial charge in [-0.25, -0.2) is 0 Å². The Morgan fingerprint density at radius 2 is 2.04 bits per heavy atom. The van der Waals surface area contributed by atoms with Crippen molar-refractivity contribution in [2.45, 2.75) is 38.7 Å². The quantitative estimate of drug-likeness (QED) is 0.884. The summed E-state index contributed by atoms with van der Waals surface area (Å²) in [4.78, 5) is 16.3. The normalized spacial score (nSPS) is 16.4. The fourth-order valence-electron chi connectivity index (χ4n) is 2.99. The zero-order valence-electron chi connectivity index (χ0n) is 13.2. The van der Waals surface area contributed by atoms with Crippen LogP contribution in [0, 0.1) is 12.8 Å². The number of nitrogens with one attached hydrogen (secondary N) is 1. The number of hydrogen-bond donors (Lipinski definition) is 2. The van der Waals surface area contributed by atoms with Crippen molar-refractivity contribution < 1.29 is 14.4 Å². The minimum atomic E-state index is -0.456. The number of aromatic nitrogens is 2. The van der Waals surface area contributed by atoms with E-state index in [1.165, 1.54) is 12.8 Å². The molecule has 1 fully saturated rings. The van der Waals surface area contributed by atoms with E-state index in [4.69, 9.17) is 4.52 Å². The molecule has 1 aromatic heterocycles. The Bertz CT molecular complexity index is 660. The maximum Gasteiger partial charge on any atom is 0.257 e. The SMILES string of the molecule is Cc1noc(-c2ccc(C(=O)NCC(O)C3CCCC3)cc2)n1. The van der Waals surface area contributed by atoms with E-state index in [-0.39, 0.29) is 5.91 Å². The third kappa shape index (κ3) is 3.76. The summed E-state index contributed by atoms with van der Waals surface area (Å²) >= 11 is 0. The fourth-order valence-corrected chi connectivity index (χ4v) is 2.99. The first kappa shape index (κ1) is 15.7. The first-order chi connectivity index (χ1) is 11.1. The third-order valence-corrected chi connectivity index (χ3v) is 4.34. The van der Waals surface area contributed by atoms with Gasteiger partial charge in [-0.15, -0.1) is 0 Å². The average Bonchev–Trinajstić information content (AvgIpc) is 3.24. The zero-order chi connectivity index (χ0) is 16.2. The number of rotatable bonds is 5. The minimum absolute atomic E-state index is 0.185. The van der Waals surface area contributed by atoms with E-state index in [9.17, 15) is 9.90 Å². The molecule has 3 rings (SSSR count). The van der Waals surface area contributed by atoms with Gasteiger partial charge < -0.3 is 14.9 Å². The lowest BCUT2D eigenvalue weighted by atomic mass is 10.0. The van der Waals surface area contributed by atoms with Crippen LogP contribution in [0.1, 0.15) is 41.9 Å². The van der Waals surface area contributed by atoms with Crippen molar-refractivity contribution in [1.82, 2.24) is 15.5 Å². The zero-order valence-corrected chi connectivity index (χ0v) is 13.2. The van der Waals surface area contributed by atoms with Crippen LogP contribution in [-0.2, 0) is 0 Å². The summed E-state index contributed by atoms with van der Waals surface area (Å²) in [5, 5.41) is 16.6. The molecule has 23 heavy (non-hydrogen) atoms. The van der Waals surface area contributed by atoms with Crippen molar-refractivity contribution in [1.29, 1.82) is 0 Å². The first-order valence-corrected chi connectivity index (χ1v) is 8.00. The van der Waals surface area contributed by atoms with Crippen molar-refractivity contribution in [3.63, 3.8) is 0 Å². The number of aryl methyl sites for hydroxylation is 1. The number of hydrogen-bond acceptors (Lipinski definition) is 5. The second kappa shape index (κ2) is 6.91. The molecular weight excluding hydrogens is 294 g/mol. The number of carbonyl (C=O) groups excluding carboxylic acids is 1. The Morgan fingerprint density at radius 1 is 1.35 bits per heavy atom. The fraction of sp³-hybridized carbons (Fsp3) is 0.471. The second-order valence-corrected chi connectivity index (χ2v) is 6.05. The molecule has 1 aliphatic carbocycles. The van der Waals surface area contributed by atoms with E-state index in [1.54, 1.807) is 31.2 Å². The summed E-state index contributed by atoms with van der Waals surface area (Å²) in [5.41, 5.74) is 1.32. The number of aliphatic hydroxyl groups is 1. The number of aliphatic hydroxyl groups excluding tert-OH is 1. The highest BCUT2D eigenvalue weighted by molar-refractivity contribution is 5.94. The summed E-state index contributed by atoms with van der Waals surface area (Å²) in [6.07, 6.45) is 3.99. The van der Waals surface area contributed by atoms with E-state index >= 15 is 0 Å². The molecule has 122 valence electrons. The highest BCUT2D eigenvalue weighted by Crippen LogP contribution is 2.27. The van der Waals surface area contributed by atoms with Crippen molar-refractivity contribution >= 4 is 5.91 Å². The maximum absolute atomic E-state index is 12.1. The van der Waals surface area contributed by atoms with E-state index in [0.717, 1.165) is 18.4 Å². The third-order valence-electron chi connectivity index (χ3n) is 4.34. The monoisotopic (exact) mass is 315 g/mol. The lowest BCUT2D eigenvalue weighted by molar-refractivity contribution is 0.0840. The molecule has 6 nitrogen and oxygen atoms in total. The smallest absolute Gasteiger partial charge is 0.257 e. The van der Waals surface area contributed by atoms with Gasteiger partial charge in [0, 0.05) is 17.7 Å². The van der Waals surface area contributed by atoms with Gasteiger partial charge in [0.05, 0.1) is 6.10 Å². The standard InChI is InChI=1S/C17H21N3O3/c1-11-19-17(23-20-11)14-8-6-13(7-9-14)16(22)18-10-15(21)12-4-2-3-5-12/h6-9,12,15,21H,2-5,10H2,1H3,(H,18,22). The molecule has 1 aromatic carbocycles. The summed E-state index contributed by atoms with van der Waals surface area (Å²) < 4.78 is 5.09. The van der Waals surface area contributed by atoms with Crippen LogP contribution in [0.5, 0.6) is 0 Å². The molecule has 1 amide bonds. The van der Waals surface area contributed by atoms with Gasteiger partial charge in [-0.05, 0) is 49.9 Å². The molecule has 2 N–H and O–H groups in total. The lowest BCUT2D eigenvalue weighted by Gasteiger charge is -2.18. The van der Waals surface area contributed by atoms with E-state index in [2.05, 4.69) is 15.5 Å². The van der Waals surface area contributed by atoms with Gasteiger partial charge >= 0.3 is 0 Å². The molecule has 0 spiro atoms. The largest absolute Gasteiger partial charge is 0.391 e. The maximum atomic E-state index is 12.1. The van der Waals surface area contributed by atoms with Crippen LogP contribution in [0.4, 0.5) is 0 Å². The lowest BCUT2D eigenvalue weighted by Crippen LogP contribution is -2.35. The molecule has 1 aliphatic rings. The van der Waals surface area contributed by atoms with E-state index in [0.29, 0.717) is 29.7 Å². The summed E-state index contributed by atoms with van der Waals surface area (Å²) in [6.45, 7) is 2.05. The summed E-state index contributed by atoms with van der Waals surface area (Å²) in [5.74, 6) is 1.14. The van der Waals surface area contributed by atoms with Gasteiger partial charge in [-0.2, -0.15) is 4.98 Å². The van der Waals surface area contributed by atoms with Crippen LogP contribution >= 0.6 is 0 Å². The van der Waals surface area contributed by atoms with Gasteiger partial charge in [0.1, 0.15) is 0 Å². The van der Waals surface area contributed by atoms with Crippen molar-refractivity contribution in [2.75, 3.05) is 6.54 Å². The van der Waals surface area contributed by atoms with Crippen molar-refractivity contribution in [3.8, 4) is 11.5 Å². The second-order valence-electron chi connectivity index (χ2n) is 6.05. The van der Waals surface area contributed by atoms with Crippen LogP contribution in [0.15, 0.2) is 28.8 Å². The van der Waals surface area contributed by atoms with Gasteiger partial charge in [0.15, 0.2) is 5.82 Å².